The lowest BCUT2D eigenvalue weighted by Crippen LogP contribution is -2.06. The average Bonchev–Trinajstić information content (AvgIpc) is 2.63. The first kappa shape index (κ1) is 12.4. The van der Waals surface area contributed by atoms with E-state index in [-0.39, 0.29) is 0 Å². The number of nitrogens with zero attached hydrogens (tertiary/aromatic N) is 5. The van der Waals surface area contributed by atoms with Crippen molar-refractivity contribution in [3.63, 3.8) is 0 Å². The Hall–Kier alpha value is -2.07. The molecular formula is C11H12N6S. The highest BCUT2D eigenvalue weighted by atomic mass is 32.2. The van der Waals surface area contributed by atoms with Gasteiger partial charge in [-0.1, -0.05) is 11.8 Å². The molecule has 7 heteroatoms. The van der Waals surface area contributed by atoms with Crippen molar-refractivity contribution in [1.82, 2.24) is 19.7 Å². The minimum absolute atomic E-state index is 0.306. The van der Waals surface area contributed by atoms with Gasteiger partial charge in [-0.05, 0) is 20.1 Å². The predicted molar refractivity (Wildman–Crippen MR) is 69.5 cm³/mol. The molecule has 0 saturated carbocycles. The number of anilines is 1. The molecule has 2 N–H and O–H groups in total. The summed E-state index contributed by atoms with van der Waals surface area (Å²) < 4.78 is 1.47. The number of nitriles is 1. The molecule has 2 rings (SSSR count). The van der Waals surface area contributed by atoms with E-state index in [1.54, 1.807) is 13.0 Å². The maximum Gasteiger partial charge on any atom is 0.189 e. The summed E-state index contributed by atoms with van der Waals surface area (Å²) >= 11 is 1.45. The summed E-state index contributed by atoms with van der Waals surface area (Å²) in [6.45, 7) is 3.62. The minimum Gasteiger partial charge on any atom is -0.382 e. The third kappa shape index (κ3) is 2.02. The second kappa shape index (κ2) is 4.66. The molecule has 2 aromatic heterocycles. The van der Waals surface area contributed by atoms with Crippen LogP contribution in [0.1, 0.15) is 17.0 Å². The van der Waals surface area contributed by atoms with Crippen molar-refractivity contribution >= 4 is 17.6 Å². The van der Waals surface area contributed by atoms with Crippen molar-refractivity contribution in [1.29, 1.82) is 5.26 Å². The number of hydrogen-bond acceptors (Lipinski definition) is 6. The largest absolute Gasteiger partial charge is 0.382 e. The summed E-state index contributed by atoms with van der Waals surface area (Å²) in [6.07, 6.45) is 1.90. The van der Waals surface area contributed by atoms with Gasteiger partial charge in [0.2, 0.25) is 0 Å². The summed E-state index contributed by atoms with van der Waals surface area (Å²) in [7, 11) is 0. The first-order valence-electron chi connectivity index (χ1n) is 5.22. The third-order valence-corrected chi connectivity index (χ3v) is 2.98. The Morgan fingerprint density at radius 1 is 1.39 bits per heavy atom. The predicted octanol–water partition coefficient (Wildman–Crippen LogP) is 1.45. The molecule has 6 nitrogen and oxygen atoms in total. The van der Waals surface area contributed by atoms with Crippen LogP contribution in [0.4, 0.5) is 5.82 Å². The van der Waals surface area contributed by atoms with Crippen LogP contribution in [0.2, 0.25) is 0 Å². The maximum atomic E-state index is 8.99. The topological polar surface area (TPSA) is 93.4 Å². The van der Waals surface area contributed by atoms with Gasteiger partial charge in [0, 0.05) is 11.8 Å². The molecular weight excluding hydrogens is 248 g/mol. The SMILES string of the molecule is CSc1nc(C)cc(-n2nc(C)c(C#N)c2N)n1. The molecule has 2 heterocycles. The van der Waals surface area contributed by atoms with Gasteiger partial charge in [-0.3, -0.25) is 0 Å². The number of thioether (sulfide) groups is 1. The van der Waals surface area contributed by atoms with Crippen LogP contribution in [0.15, 0.2) is 11.2 Å². The van der Waals surface area contributed by atoms with Crippen LogP contribution in [-0.2, 0) is 0 Å². The molecule has 18 heavy (non-hydrogen) atoms. The normalized spacial score (nSPS) is 10.3. The third-order valence-electron chi connectivity index (χ3n) is 2.43. The smallest absolute Gasteiger partial charge is 0.189 e. The molecule has 0 amide bonds. The summed E-state index contributed by atoms with van der Waals surface area (Å²) in [6, 6.07) is 3.82. The number of aryl methyl sites for hydroxylation is 2. The van der Waals surface area contributed by atoms with Gasteiger partial charge in [0.1, 0.15) is 17.5 Å². The van der Waals surface area contributed by atoms with Crippen LogP contribution < -0.4 is 5.73 Å². The summed E-state index contributed by atoms with van der Waals surface area (Å²) in [5.74, 6) is 0.883. The highest BCUT2D eigenvalue weighted by Crippen LogP contribution is 2.20. The summed E-state index contributed by atoms with van der Waals surface area (Å²) in [5, 5.41) is 13.9. The van der Waals surface area contributed by atoms with Crippen LogP contribution >= 0.6 is 11.8 Å². The molecule has 92 valence electrons. The highest BCUT2D eigenvalue weighted by Gasteiger charge is 2.15. The van der Waals surface area contributed by atoms with Crippen LogP contribution in [0.25, 0.3) is 5.82 Å². The van der Waals surface area contributed by atoms with Crippen molar-refractivity contribution in [2.45, 2.75) is 19.0 Å². The second-order valence-electron chi connectivity index (χ2n) is 3.72. The monoisotopic (exact) mass is 260 g/mol. The van der Waals surface area contributed by atoms with E-state index in [4.69, 9.17) is 11.0 Å². The number of hydrogen-bond donors (Lipinski definition) is 1. The van der Waals surface area contributed by atoms with Crippen molar-refractivity contribution in [2.75, 3.05) is 12.0 Å². The van der Waals surface area contributed by atoms with E-state index in [9.17, 15) is 0 Å². The number of nitrogens with two attached hydrogens (primary N) is 1. The Morgan fingerprint density at radius 2 is 2.11 bits per heavy atom. The number of nitrogen functional groups attached to an aromatic ring is 1. The number of rotatable bonds is 2. The lowest BCUT2D eigenvalue weighted by molar-refractivity contribution is 0.797. The Bertz CT molecular complexity index is 640. The molecule has 2 aromatic rings. The molecule has 0 aromatic carbocycles. The summed E-state index contributed by atoms with van der Waals surface area (Å²) in [4.78, 5) is 8.60. The van der Waals surface area contributed by atoms with Gasteiger partial charge >= 0.3 is 0 Å². The first-order valence-corrected chi connectivity index (χ1v) is 6.44. The molecule has 0 fully saturated rings. The van der Waals surface area contributed by atoms with E-state index in [0.717, 1.165) is 5.69 Å². The maximum absolute atomic E-state index is 8.99. The van der Waals surface area contributed by atoms with Crippen molar-refractivity contribution < 1.29 is 0 Å². The second-order valence-corrected chi connectivity index (χ2v) is 4.50. The van der Waals surface area contributed by atoms with Crippen LogP contribution in [0, 0.1) is 25.2 Å². The van der Waals surface area contributed by atoms with Crippen molar-refractivity contribution in [3.05, 3.63) is 23.0 Å². The molecule has 0 unspecified atom stereocenters. The molecule has 0 saturated heterocycles. The minimum atomic E-state index is 0.306. The number of aromatic nitrogens is 4. The van der Waals surface area contributed by atoms with Gasteiger partial charge < -0.3 is 5.73 Å². The molecule has 0 bridgehead atoms. The van der Waals surface area contributed by atoms with Crippen LogP contribution in [-0.4, -0.2) is 26.0 Å². The van der Waals surface area contributed by atoms with Gasteiger partial charge in [0.05, 0.1) is 5.69 Å². The van der Waals surface area contributed by atoms with E-state index < -0.39 is 0 Å². The van der Waals surface area contributed by atoms with Crippen LogP contribution in [0.3, 0.4) is 0 Å². The Labute approximate surface area is 109 Å². The fourth-order valence-electron chi connectivity index (χ4n) is 1.58. The zero-order chi connectivity index (χ0) is 13.3. The fraction of sp³-hybridized carbons (Fsp3) is 0.273. The first-order chi connectivity index (χ1) is 8.56. The lowest BCUT2D eigenvalue weighted by Gasteiger charge is -2.05. The van der Waals surface area contributed by atoms with E-state index in [1.807, 2.05) is 19.2 Å². The Balaban J connectivity index is 2.63. The van der Waals surface area contributed by atoms with Crippen LogP contribution in [0.5, 0.6) is 0 Å². The van der Waals surface area contributed by atoms with Gasteiger partial charge in [-0.15, -0.1) is 0 Å². The molecule has 0 aliphatic carbocycles. The molecule has 0 radical (unpaired) electrons. The van der Waals surface area contributed by atoms with Gasteiger partial charge in [-0.25, -0.2) is 9.97 Å². The quantitative estimate of drug-likeness (QED) is 0.649. The molecule has 0 atom stereocenters. The fourth-order valence-corrected chi connectivity index (χ4v) is 2.00. The summed E-state index contributed by atoms with van der Waals surface area (Å²) in [5.41, 5.74) is 7.71. The standard InChI is InChI=1S/C11H12N6S/c1-6-4-9(15-11(14-6)18-3)17-10(13)8(5-12)7(2)16-17/h4H,13H2,1-3H3. The van der Waals surface area contributed by atoms with Gasteiger partial charge in [-0.2, -0.15) is 15.0 Å². The zero-order valence-corrected chi connectivity index (χ0v) is 11.1. The van der Waals surface area contributed by atoms with E-state index in [2.05, 4.69) is 15.1 Å². The lowest BCUT2D eigenvalue weighted by atomic mass is 10.3. The van der Waals surface area contributed by atoms with Crippen molar-refractivity contribution in [3.8, 4) is 11.9 Å². The van der Waals surface area contributed by atoms with E-state index >= 15 is 0 Å². The van der Waals surface area contributed by atoms with E-state index in [0.29, 0.717) is 28.0 Å². The average molecular weight is 260 g/mol. The molecule has 0 aliphatic rings. The Kier molecular flexibility index (Phi) is 3.21. The van der Waals surface area contributed by atoms with Gasteiger partial charge in [0.15, 0.2) is 11.0 Å². The zero-order valence-electron chi connectivity index (χ0n) is 10.3. The van der Waals surface area contributed by atoms with Crippen molar-refractivity contribution in [2.24, 2.45) is 0 Å². The Morgan fingerprint density at radius 3 is 2.67 bits per heavy atom. The highest BCUT2D eigenvalue weighted by molar-refractivity contribution is 7.98. The molecule has 0 aliphatic heterocycles. The van der Waals surface area contributed by atoms with Gasteiger partial charge in [0.25, 0.3) is 0 Å². The molecule has 0 spiro atoms. The van der Waals surface area contributed by atoms with E-state index in [1.165, 1.54) is 16.4 Å².